The third-order valence-corrected chi connectivity index (χ3v) is 4.93. The van der Waals surface area contributed by atoms with Gasteiger partial charge in [0.05, 0.1) is 21.7 Å². The lowest BCUT2D eigenvalue weighted by atomic mass is 10.2. The molecular formula is C17H17ClN6O3. The third kappa shape index (κ3) is 2.74. The van der Waals surface area contributed by atoms with Crippen LogP contribution in [0, 0.1) is 13.8 Å². The highest BCUT2D eigenvalue weighted by Crippen LogP contribution is 2.30. The maximum absolute atomic E-state index is 13.1. The molecule has 1 fully saturated rings. The van der Waals surface area contributed by atoms with E-state index in [2.05, 4.69) is 15.2 Å². The van der Waals surface area contributed by atoms with Crippen molar-refractivity contribution in [2.75, 3.05) is 13.1 Å². The summed E-state index contributed by atoms with van der Waals surface area (Å²) >= 11 is 6.51. The van der Waals surface area contributed by atoms with Crippen molar-refractivity contribution in [2.24, 2.45) is 7.05 Å². The number of hydrazine groups is 1. The largest absolute Gasteiger partial charge is 0.361 e. The summed E-state index contributed by atoms with van der Waals surface area (Å²) in [5.41, 5.74) is 1.68. The smallest absolute Gasteiger partial charge is 0.294 e. The van der Waals surface area contributed by atoms with Crippen molar-refractivity contribution >= 4 is 34.4 Å². The van der Waals surface area contributed by atoms with Crippen LogP contribution in [0.25, 0.3) is 11.0 Å². The second-order valence-electron chi connectivity index (χ2n) is 6.43. The summed E-state index contributed by atoms with van der Waals surface area (Å²) < 4.78 is 6.58. The topological polar surface area (TPSA) is 97.4 Å². The highest BCUT2D eigenvalue weighted by Gasteiger charge is 2.34. The van der Waals surface area contributed by atoms with E-state index in [1.807, 2.05) is 6.92 Å². The Hall–Kier alpha value is -2.94. The van der Waals surface area contributed by atoms with Crippen LogP contribution in [-0.2, 0) is 7.05 Å². The fourth-order valence-corrected chi connectivity index (χ4v) is 3.64. The molecule has 0 bridgehead atoms. The highest BCUT2D eigenvalue weighted by molar-refractivity contribution is 6.38. The van der Waals surface area contributed by atoms with Crippen molar-refractivity contribution in [1.29, 1.82) is 0 Å². The summed E-state index contributed by atoms with van der Waals surface area (Å²) in [6.07, 6.45) is 2.09. The Morgan fingerprint density at radius 2 is 1.89 bits per heavy atom. The summed E-state index contributed by atoms with van der Waals surface area (Å²) in [7, 11) is 1.76. The molecule has 1 aliphatic heterocycles. The van der Waals surface area contributed by atoms with E-state index in [0.29, 0.717) is 42.0 Å². The molecule has 0 atom stereocenters. The van der Waals surface area contributed by atoms with Crippen molar-refractivity contribution in [2.45, 2.75) is 20.3 Å². The molecule has 4 heterocycles. The molecule has 1 aliphatic rings. The number of hydrogen-bond donors (Lipinski definition) is 0. The molecule has 4 rings (SSSR count). The Labute approximate surface area is 159 Å². The molecule has 10 heteroatoms. The lowest BCUT2D eigenvalue weighted by Gasteiger charge is -2.27. The standard InChI is InChI=1S/C17H17ClN6O3/c1-9-7-12(21-27-9)17(26)24-6-4-5-23(24)16(25)11-8-19-15-13(14(11)18)10(2)20-22(15)3/h7-8H,4-6H2,1-3H3. The number of pyridine rings is 1. The number of nitrogens with zero attached hydrogens (tertiary/aromatic N) is 6. The number of amides is 2. The van der Waals surface area contributed by atoms with Gasteiger partial charge in [-0.3, -0.25) is 14.3 Å². The Kier molecular flexibility index (Phi) is 4.11. The number of aryl methyl sites for hydroxylation is 3. The first-order valence-electron chi connectivity index (χ1n) is 8.43. The normalized spacial score (nSPS) is 14.4. The molecule has 0 saturated carbocycles. The Balaban J connectivity index is 1.69. The second-order valence-corrected chi connectivity index (χ2v) is 6.80. The average Bonchev–Trinajstić information content (AvgIpc) is 3.34. The molecule has 9 nitrogen and oxygen atoms in total. The van der Waals surface area contributed by atoms with Crippen LogP contribution in [0.15, 0.2) is 16.8 Å². The van der Waals surface area contributed by atoms with Gasteiger partial charge in [0.25, 0.3) is 11.8 Å². The first-order valence-corrected chi connectivity index (χ1v) is 8.81. The molecule has 2 amide bonds. The van der Waals surface area contributed by atoms with Crippen LogP contribution in [0.5, 0.6) is 0 Å². The summed E-state index contributed by atoms with van der Waals surface area (Å²) in [5, 5.41) is 11.7. The van der Waals surface area contributed by atoms with Crippen LogP contribution in [0.3, 0.4) is 0 Å². The van der Waals surface area contributed by atoms with Crippen LogP contribution in [0.4, 0.5) is 0 Å². The van der Waals surface area contributed by atoms with Gasteiger partial charge in [0, 0.05) is 32.4 Å². The van der Waals surface area contributed by atoms with Gasteiger partial charge in [0.2, 0.25) is 0 Å². The molecule has 0 unspecified atom stereocenters. The fraction of sp³-hybridized carbons (Fsp3) is 0.353. The van der Waals surface area contributed by atoms with Gasteiger partial charge in [0.15, 0.2) is 11.3 Å². The first-order chi connectivity index (χ1) is 12.9. The fourth-order valence-electron chi connectivity index (χ4n) is 3.29. The molecule has 0 aliphatic carbocycles. The van der Waals surface area contributed by atoms with Crippen molar-refractivity contribution < 1.29 is 14.1 Å². The molecular weight excluding hydrogens is 372 g/mol. The zero-order valence-electron chi connectivity index (χ0n) is 15.1. The zero-order valence-corrected chi connectivity index (χ0v) is 15.8. The summed E-state index contributed by atoms with van der Waals surface area (Å²) in [6, 6.07) is 1.54. The van der Waals surface area contributed by atoms with Crippen molar-refractivity contribution in [3.63, 3.8) is 0 Å². The molecule has 0 N–H and O–H groups in total. The van der Waals surface area contributed by atoms with Gasteiger partial charge in [-0.15, -0.1) is 0 Å². The monoisotopic (exact) mass is 388 g/mol. The molecule has 27 heavy (non-hydrogen) atoms. The van der Waals surface area contributed by atoms with E-state index in [4.69, 9.17) is 16.1 Å². The Morgan fingerprint density at radius 1 is 1.19 bits per heavy atom. The predicted molar refractivity (Wildman–Crippen MR) is 96.2 cm³/mol. The predicted octanol–water partition coefficient (Wildman–Crippen LogP) is 2.13. The van der Waals surface area contributed by atoms with E-state index < -0.39 is 0 Å². The van der Waals surface area contributed by atoms with E-state index in [9.17, 15) is 9.59 Å². The van der Waals surface area contributed by atoms with E-state index in [1.54, 1.807) is 24.7 Å². The van der Waals surface area contributed by atoms with E-state index in [-0.39, 0.29) is 28.1 Å². The second kappa shape index (κ2) is 6.34. The number of carbonyl (C=O) groups is 2. The van der Waals surface area contributed by atoms with E-state index in [0.717, 1.165) is 0 Å². The number of aromatic nitrogens is 4. The molecule has 1 saturated heterocycles. The molecule has 140 valence electrons. The molecule has 0 aromatic carbocycles. The minimum Gasteiger partial charge on any atom is -0.361 e. The summed E-state index contributed by atoms with van der Waals surface area (Å²) in [4.78, 5) is 30.2. The SMILES string of the molecule is Cc1cc(C(=O)N2CCCN2C(=O)c2cnc3c(c(C)nn3C)c2Cl)no1. The molecule has 0 spiro atoms. The minimum absolute atomic E-state index is 0.162. The average molecular weight is 389 g/mol. The zero-order chi connectivity index (χ0) is 19.3. The van der Waals surface area contributed by atoms with Crippen molar-refractivity contribution in [1.82, 2.24) is 29.9 Å². The number of fused-ring (bicyclic) bond motifs is 1. The van der Waals surface area contributed by atoms with Gasteiger partial charge in [-0.1, -0.05) is 16.8 Å². The van der Waals surface area contributed by atoms with E-state index in [1.165, 1.54) is 16.2 Å². The number of carbonyl (C=O) groups excluding carboxylic acids is 2. The third-order valence-electron chi connectivity index (χ3n) is 4.54. The number of hydrogen-bond acceptors (Lipinski definition) is 6. The highest BCUT2D eigenvalue weighted by atomic mass is 35.5. The quantitative estimate of drug-likeness (QED) is 0.667. The van der Waals surface area contributed by atoms with Gasteiger partial charge in [-0.2, -0.15) is 5.10 Å². The maximum Gasteiger partial charge on any atom is 0.294 e. The van der Waals surface area contributed by atoms with Gasteiger partial charge in [-0.05, 0) is 20.3 Å². The van der Waals surface area contributed by atoms with Gasteiger partial charge < -0.3 is 4.52 Å². The van der Waals surface area contributed by atoms with Crippen LogP contribution >= 0.6 is 11.6 Å². The van der Waals surface area contributed by atoms with Gasteiger partial charge in [0.1, 0.15) is 5.76 Å². The summed E-state index contributed by atoms with van der Waals surface area (Å²) in [6.45, 7) is 4.33. The lowest BCUT2D eigenvalue weighted by molar-refractivity contribution is 0.0180. The van der Waals surface area contributed by atoms with Crippen LogP contribution < -0.4 is 0 Å². The number of rotatable bonds is 2. The first kappa shape index (κ1) is 17.5. The maximum atomic E-state index is 13.1. The number of halogens is 1. The van der Waals surface area contributed by atoms with Crippen LogP contribution in [0.2, 0.25) is 5.02 Å². The minimum atomic E-state index is -0.389. The van der Waals surface area contributed by atoms with E-state index >= 15 is 0 Å². The molecule has 0 radical (unpaired) electrons. The van der Waals surface area contributed by atoms with Crippen molar-refractivity contribution in [3.05, 3.63) is 40.0 Å². The Morgan fingerprint density at radius 3 is 2.56 bits per heavy atom. The van der Waals surface area contributed by atoms with Crippen LogP contribution in [-0.4, -0.2) is 54.8 Å². The molecule has 3 aromatic heterocycles. The van der Waals surface area contributed by atoms with Gasteiger partial charge in [-0.25, -0.2) is 15.0 Å². The van der Waals surface area contributed by atoms with Crippen LogP contribution in [0.1, 0.15) is 38.7 Å². The lowest BCUT2D eigenvalue weighted by Crippen LogP contribution is -2.45. The molecule has 3 aromatic rings. The Bertz CT molecular complexity index is 1070. The van der Waals surface area contributed by atoms with Crippen molar-refractivity contribution in [3.8, 4) is 0 Å². The van der Waals surface area contributed by atoms with Gasteiger partial charge >= 0.3 is 0 Å². The summed E-state index contributed by atoms with van der Waals surface area (Å²) in [5.74, 6) is -0.246.